The van der Waals surface area contributed by atoms with Crippen molar-refractivity contribution in [1.29, 1.82) is 0 Å². The van der Waals surface area contributed by atoms with Crippen LogP contribution < -0.4 is 15.8 Å². The third-order valence-corrected chi connectivity index (χ3v) is 5.28. The molecule has 1 spiro atoms. The molecule has 2 aliphatic carbocycles. The van der Waals surface area contributed by atoms with Crippen LogP contribution in [0.4, 0.5) is 5.69 Å². The Morgan fingerprint density at radius 1 is 1.39 bits per heavy atom. The number of guanidine groups is 1. The Balaban J connectivity index is 1.68. The van der Waals surface area contributed by atoms with Crippen molar-refractivity contribution >= 4 is 11.6 Å². The maximum atomic E-state index is 6.14. The largest absolute Gasteiger partial charge is 0.497 e. The van der Waals surface area contributed by atoms with E-state index in [2.05, 4.69) is 12.2 Å². The number of methoxy groups -OCH3 is 1. The normalized spacial score (nSPS) is 26.1. The molecule has 0 amide bonds. The van der Waals surface area contributed by atoms with Crippen molar-refractivity contribution in [3.8, 4) is 5.75 Å². The molecule has 23 heavy (non-hydrogen) atoms. The summed E-state index contributed by atoms with van der Waals surface area (Å²) in [6.45, 7) is 2.85. The highest BCUT2D eigenvalue weighted by Crippen LogP contribution is 2.56. The molecule has 0 radical (unpaired) electrons. The lowest BCUT2D eigenvalue weighted by Gasteiger charge is -2.52. The lowest BCUT2D eigenvalue weighted by molar-refractivity contribution is -0.119. The first kappa shape index (κ1) is 16.1. The average Bonchev–Trinajstić information content (AvgIpc) is 3.07. The van der Waals surface area contributed by atoms with E-state index in [1.165, 1.54) is 25.7 Å². The van der Waals surface area contributed by atoms with Gasteiger partial charge in [-0.2, -0.15) is 0 Å². The topological polar surface area (TPSA) is 68.9 Å². The Morgan fingerprint density at radius 3 is 2.87 bits per heavy atom. The molecule has 2 atom stereocenters. The molecule has 3 N–H and O–H groups in total. The Kier molecular flexibility index (Phi) is 4.76. The van der Waals surface area contributed by atoms with Gasteiger partial charge in [0.15, 0.2) is 5.96 Å². The zero-order valence-corrected chi connectivity index (χ0v) is 14.0. The van der Waals surface area contributed by atoms with E-state index in [0.29, 0.717) is 12.1 Å². The predicted molar refractivity (Wildman–Crippen MR) is 93.0 cm³/mol. The van der Waals surface area contributed by atoms with E-state index in [9.17, 15) is 0 Å². The molecule has 0 heterocycles. The van der Waals surface area contributed by atoms with Crippen molar-refractivity contribution in [2.24, 2.45) is 16.1 Å². The lowest BCUT2D eigenvalue weighted by Crippen LogP contribution is -2.56. The molecule has 0 aliphatic heterocycles. The van der Waals surface area contributed by atoms with E-state index in [0.717, 1.165) is 24.5 Å². The first-order valence-corrected chi connectivity index (χ1v) is 8.54. The summed E-state index contributed by atoms with van der Waals surface area (Å²) in [6.07, 6.45) is 6.30. The van der Waals surface area contributed by atoms with Gasteiger partial charge in [-0.05, 0) is 38.3 Å². The number of rotatable bonds is 5. The minimum absolute atomic E-state index is 0.219. The fourth-order valence-corrected chi connectivity index (χ4v) is 4.08. The van der Waals surface area contributed by atoms with E-state index < -0.39 is 0 Å². The van der Waals surface area contributed by atoms with Crippen LogP contribution in [0.2, 0.25) is 0 Å². The summed E-state index contributed by atoms with van der Waals surface area (Å²) in [5.74, 6) is 1.28. The monoisotopic (exact) mass is 317 g/mol. The molecule has 1 aromatic rings. The molecule has 3 rings (SSSR count). The van der Waals surface area contributed by atoms with Crippen LogP contribution in [0.5, 0.6) is 5.75 Å². The smallest absolute Gasteiger partial charge is 0.193 e. The van der Waals surface area contributed by atoms with Gasteiger partial charge in [0.1, 0.15) is 5.75 Å². The molecule has 0 bridgehead atoms. The summed E-state index contributed by atoms with van der Waals surface area (Å²) < 4.78 is 11.2. The zero-order chi connectivity index (χ0) is 16.3. The molecular weight excluding hydrogens is 290 g/mol. The standard InChI is InChI=1S/C18H27N3O2/c1-3-23-16-12-15(18(16)9-4-5-10-18)21-17(19)20-13-7-6-8-14(11-13)22-2/h6-8,11,15-16H,3-5,9-10,12H2,1-2H3,(H3,19,20,21). The maximum absolute atomic E-state index is 6.14. The third kappa shape index (κ3) is 3.15. The summed E-state index contributed by atoms with van der Waals surface area (Å²) >= 11 is 0. The maximum Gasteiger partial charge on any atom is 0.193 e. The summed E-state index contributed by atoms with van der Waals surface area (Å²) in [5.41, 5.74) is 7.25. The van der Waals surface area contributed by atoms with Crippen LogP contribution in [-0.4, -0.2) is 31.8 Å². The van der Waals surface area contributed by atoms with Gasteiger partial charge in [0.2, 0.25) is 0 Å². The first-order valence-electron chi connectivity index (χ1n) is 8.54. The van der Waals surface area contributed by atoms with Gasteiger partial charge in [0.25, 0.3) is 0 Å². The van der Waals surface area contributed by atoms with Crippen LogP contribution in [0.15, 0.2) is 29.3 Å². The number of aliphatic imine (C=N–C) groups is 1. The number of hydrogen-bond acceptors (Lipinski definition) is 3. The van der Waals surface area contributed by atoms with Crippen LogP contribution in [-0.2, 0) is 4.74 Å². The van der Waals surface area contributed by atoms with Crippen LogP contribution in [0.1, 0.15) is 39.0 Å². The molecule has 2 unspecified atom stereocenters. The molecule has 2 aliphatic rings. The molecule has 2 saturated carbocycles. The minimum Gasteiger partial charge on any atom is -0.497 e. The Hall–Kier alpha value is -1.75. The predicted octanol–water partition coefficient (Wildman–Crippen LogP) is 3.16. The molecule has 1 aromatic carbocycles. The van der Waals surface area contributed by atoms with E-state index >= 15 is 0 Å². The van der Waals surface area contributed by atoms with Gasteiger partial charge in [0.05, 0.1) is 19.3 Å². The molecular formula is C18H27N3O2. The molecule has 126 valence electrons. The van der Waals surface area contributed by atoms with Crippen LogP contribution >= 0.6 is 0 Å². The average molecular weight is 317 g/mol. The van der Waals surface area contributed by atoms with Crippen LogP contribution in [0.3, 0.4) is 0 Å². The first-order chi connectivity index (χ1) is 11.2. The van der Waals surface area contributed by atoms with Crippen molar-refractivity contribution in [3.05, 3.63) is 24.3 Å². The van der Waals surface area contributed by atoms with Crippen LogP contribution in [0, 0.1) is 5.41 Å². The van der Waals surface area contributed by atoms with Gasteiger partial charge in [-0.25, -0.2) is 4.99 Å². The molecule has 2 fully saturated rings. The van der Waals surface area contributed by atoms with Crippen LogP contribution in [0.25, 0.3) is 0 Å². The number of nitrogens with one attached hydrogen (secondary N) is 1. The third-order valence-electron chi connectivity index (χ3n) is 5.28. The Morgan fingerprint density at radius 2 is 2.17 bits per heavy atom. The van der Waals surface area contributed by atoms with E-state index in [1.54, 1.807) is 7.11 Å². The quantitative estimate of drug-likeness (QED) is 0.646. The molecule has 0 aromatic heterocycles. The van der Waals surface area contributed by atoms with Crippen molar-refractivity contribution < 1.29 is 9.47 Å². The number of ether oxygens (including phenoxy) is 2. The zero-order valence-electron chi connectivity index (χ0n) is 14.0. The van der Waals surface area contributed by atoms with Gasteiger partial charge in [-0.1, -0.05) is 18.9 Å². The number of benzene rings is 1. The molecule has 5 nitrogen and oxygen atoms in total. The second-order valence-corrected chi connectivity index (χ2v) is 6.51. The summed E-state index contributed by atoms with van der Waals surface area (Å²) in [7, 11) is 1.66. The highest BCUT2D eigenvalue weighted by atomic mass is 16.5. The summed E-state index contributed by atoms with van der Waals surface area (Å²) in [4.78, 5) is 4.76. The van der Waals surface area contributed by atoms with Gasteiger partial charge >= 0.3 is 0 Å². The van der Waals surface area contributed by atoms with Crippen molar-refractivity contribution in [2.75, 3.05) is 19.0 Å². The highest BCUT2D eigenvalue weighted by Gasteiger charge is 2.56. The van der Waals surface area contributed by atoms with E-state index in [4.69, 9.17) is 20.2 Å². The fourth-order valence-electron chi connectivity index (χ4n) is 4.08. The van der Waals surface area contributed by atoms with Gasteiger partial charge in [0, 0.05) is 23.8 Å². The Labute approximate surface area is 138 Å². The lowest BCUT2D eigenvalue weighted by atomic mass is 9.61. The SMILES string of the molecule is CCOC1CC(N=C(N)Nc2cccc(OC)c2)C12CCCC2. The van der Waals surface area contributed by atoms with Gasteiger partial charge < -0.3 is 20.5 Å². The number of hydrogen-bond donors (Lipinski definition) is 2. The fraction of sp³-hybridized carbons (Fsp3) is 0.611. The molecule has 0 saturated heterocycles. The van der Waals surface area contributed by atoms with Gasteiger partial charge in [-0.3, -0.25) is 0 Å². The number of anilines is 1. The Bertz CT molecular complexity index is 567. The summed E-state index contributed by atoms with van der Waals surface area (Å²) in [6, 6.07) is 7.99. The van der Waals surface area contributed by atoms with Crippen molar-refractivity contribution in [2.45, 2.75) is 51.2 Å². The highest BCUT2D eigenvalue weighted by molar-refractivity contribution is 5.92. The minimum atomic E-state index is 0.219. The number of nitrogens with two attached hydrogens (primary N) is 1. The second kappa shape index (κ2) is 6.79. The summed E-state index contributed by atoms with van der Waals surface area (Å²) in [5, 5.41) is 3.18. The number of nitrogens with zero attached hydrogens (tertiary/aromatic N) is 1. The van der Waals surface area contributed by atoms with Gasteiger partial charge in [-0.15, -0.1) is 0 Å². The van der Waals surface area contributed by atoms with Crippen molar-refractivity contribution in [3.63, 3.8) is 0 Å². The van der Waals surface area contributed by atoms with Crippen molar-refractivity contribution in [1.82, 2.24) is 0 Å². The van der Waals surface area contributed by atoms with E-state index in [-0.39, 0.29) is 11.5 Å². The van der Waals surface area contributed by atoms with E-state index in [1.807, 2.05) is 24.3 Å². The second-order valence-electron chi connectivity index (χ2n) is 6.51. The molecule has 5 heteroatoms.